The zero-order chi connectivity index (χ0) is 25.3. The van der Waals surface area contributed by atoms with Crippen LogP contribution in [0.4, 0.5) is 8.78 Å². The number of rotatable bonds is 7. The van der Waals surface area contributed by atoms with Crippen LogP contribution in [-0.2, 0) is 22.9 Å². The summed E-state index contributed by atoms with van der Waals surface area (Å²) in [7, 11) is -3.57. The van der Waals surface area contributed by atoms with Crippen molar-refractivity contribution in [2.75, 3.05) is 5.75 Å². The molecule has 1 aromatic heterocycles. The fraction of sp³-hybridized carbons (Fsp3) is 0.385. The summed E-state index contributed by atoms with van der Waals surface area (Å²) in [6.45, 7) is 5.28. The molecule has 1 aliphatic rings. The number of benzene rings is 2. The fourth-order valence-electron chi connectivity index (χ4n) is 4.70. The van der Waals surface area contributed by atoms with Crippen molar-refractivity contribution >= 4 is 10.0 Å². The first-order chi connectivity index (χ1) is 16.6. The van der Waals surface area contributed by atoms with Crippen LogP contribution in [0.15, 0.2) is 53.6 Å². The van der Waals surface area contributed by atoms with Gasteiger partial charge in [-0.25, -0.2) is 26.9 Å². The number of halogens is 2. The second-order valence-electron chi connectivity index (χ2n) is 9.18. The Morgan fingerprint density at radius 3 is 2.60 bits per heavy atom. The molecule has 1 N–H and O–H groups in total. The van der Waals surface area contributed by atoms with E-state index in [-0.39, 0.29) is 29.3 Å². The molecule has 0 fully saturated rings. The van der Waals surface area contributed by atoms with Crippen LogP contribution in [0.3, 0.4) is 0 Å². The molecule has 0 radical (unpaired) electrons. The average Bonchev–Trinajstić information content (AvgIpc) is 2.81. The zero-order valence-electron chi connectivity index (χ0n) is 20.0. The van der Waals surface area contributed by atoms with Crippen molar-refractivity contribution in [3.05, 3.63) is 87.6 Å². The number of nitrogens with one attached hydrogen (secondary N) is 1. The molecule has 2 atom stereocenters. The van der Waals surface area contributed by atoms with Gasteiger partial charge < -0.3 is 0 Å². The minimum absolute atomic E-state index is 0.0952. The van der Waals surface area contributed by atoms with Gasteiger partial charge in [0.1, 0.15) is 11.6 Å². The zero-order valence-corrected chi connectivity index (χ0v) is 20.8. The Bertz CT molecular complexity index is 1400. The molecule has 0 bridgehead atoms. The van der Waals surface area contributed by atoms with Crippen molar-refractivity contribution in [2.45, 2.75) is 58.0 Å². The first-order valence-electron chi connectivity index (χ1n) is 11.7. The largest absolute Gasteiger partial charge is 0.296 e. The van der Waals surface area contributed by atoms with E-state index in [0.29, 0.717) is 35.2 Å². The van der Waals surface area contributed by atoms with Gasteiger partial charge in [-0.3, -0.25) is 9.36 Å². The molecule has 9 heteroatoms. The normalized spacial score (nSPS) is 18.0. The van der Waals surface area contributed by atoms with Gasteiger partial charge in [0.25, 0.3) is 5.56 Å². The van der Waals surface area contributed by atoms with E-state index in [2.05, 4.69) is 9.71 Å². The molecule has 6 nitrogen and oxygen atoms in total. The van der Waals surface area contributed by atoms with Gasteiger partial charge >= 0.3 is 0 Å². The Morgan fingerprint density at radius 2 is 1.91 bits per heavy atom. The SMILES string of the molecule is CCS(=O)(=O)N[C@H]1CCc2ncn(C(C)C)c(=O)c2[C@H]1Cc1cccc(-c2cccc(F)c2)c1F. The van der Waals surface area contributed by atoms with E-state index in [0.717, 1.165) is 0 Å². The van der Waals surface area contributed by atoms with Crippen molar-refractivity contribution < 1.29 is 17.2 Å². The van der Waals surface area contributed by atoms with Crippen LogP contribution in [0.5, 0.6) is 0 Å². The fourth-order valence-corrected chi connectivity index (χ4v) is 5.61. The molecular formula is C26H29F2N3O3S. The molecule has 0 saturated carbocycles. The minimum Gasteiger partial charge on any atom is -0.296 e. The molecule has 35 heavy (non-hydrogen) atoms. The maximum Gasteiger partial charge on any atom is 0.257 e. The van der Waals surface area contributed by atoms with Gasteiger partial charge in [-0.15, -0.1) is 0 Å². The van der Waals surface area contributed by atoms with E-state index >= 15 is 4.39 Å². The van der Waals surface area contributed by atoms with Gasteiger partial charge in [0.2, 0.25) is 10.0 Å². The third-order valence-electron chi connectivity index (χ3n) is 6.58. The highest BCUT2D eigenvalue weighted by Crippen LogP contribution is 2.35. The van der Waals surface area contributed by atoms with Crippen LogP contribution < -0.4 is 10.3 Å². The lowest BCUT2D eigenvalue weighted by Gasteiger charge is -2.33. The van der Waals surface area contributed by atoms with Crippen molar-refractivity contribution in [3.8, 4) is 11.1 Å². The first-order valence-corrected chi connectivity index (χ1v) is 13.4. The quantitative estimate of drug-likeness (QED) is 0.522. The molecule has 1 aliphatic carbocycles. The minimum atomic E-state index is -3.57. The van der Waals surface area contributed by atoms with Gasteiger partial charge in [0, 0.05) is 29.1 Å². The number of nitrogens with zero attached hydrogens (tertiary/aromatic N) is 2. The smallest absolute Gasteiger partial charge is 0.257 e. The van der Waals surface area contributed by atoms with E-state index < -0.39 is 33.6 Å². The summed E-state index contributed by atoms with van der Waals surface area (Å²) >= 11 is 0. The van der Waals surface area contributed by atoms with Crippen LogP contribution in [0.1, 0.15) is 56.0 Å². The molecule has 0 unspecified atom stereocenters. The van der Waals surface area contributed by atoms with Gasteiger partial charge in [0.15, 0.2) is 0 Å². The molecular weight excluding hydrogens is 472 g/mol. The van der Waals surface area contributed by atoms with Crippen molar-refractivity contribution in [1.82, 2.24) is 14.3 Å². The van der Waals surface area contributed by atoms with Gasteiger partial charge in [-0.2, -0.15) is 0 Å². The summed E-state index contributed by atoms with van der Waals surface area (Å²) in [6, 6.07) is 9.87. The Kier molecular flexibility index (Phi) is 7.19. The lowest BCUT2D eigenvalue weighted by molar-refractivity contribution is 0.408. The number of fused-ring (bicyclic) bond motifs is 1. The highest BCUT2D eigenvalue weighted by atomic mass is 32.2. The standard InChI is InChI=1S/C26H29F2N3O3S/c1-4-35(33,34)30-22-11-12-23-24(26(32)31(15-29-23)16(2)3)21(22)14-18-8-6-10-20(25(18)28)17-7-5-9-19(27)13-17/h5-10,13,15-16,21-22,30H,4,11-12,14H2,1-3H3/t21-,22-/m0/s1. The summed E-state index contributed by atoms with van der Waals surface area (Å²) in [6.07, 6.45) is 2.51. The molecule has 186 valence electrons. The number of hydrogen-bond donors (Lipinski definition) is 1. The van der Waals surface area contributed by atoms with E-state index in [4.69, 9.17) is 0 Å². The molecule has 4 rings (SSSR count). The Labute approximate surface area is 204 Å². The highest BCUT2D eigenvalue weighted by Gasteiger charge is 2.36. The Hall–Kier alpha value is -2.91. The average molecular weight is 502 g/mol. The molecule has 0 amide bonds. The third kappa shape index (κ3) is 5.21. The van der Waals surface area contributed by atoms with Crippen LogP contribution in [0.2, 0.25) is 0 Å². The molecule has 0 saturated heterocycles. The number of sulfonamides is 1. The molecule has 0 spiro atoms. The molecule has 1 heterocycles. The highest BCUT2D eigenvalue weighted by molar-refractivity contribution is 7.89. The second-order valence-corrected chi connectivity index (χ2v) is 11.2. The Morgan fingerprint density at radius 1 is 1.17 bits per heavy atom. The summed E-state index contributed by atoms with van der Waals surface area (Å²) in [5.74, 6) is -1.70. The maximum atomic E-state index is 15.7. The summed E-state index contributed by atoms with van der Waals surface area (Å²) < 4.78 is 58.6. The van der Waals surface area contributed by atoms with Crippen LogP contribution in [0.25, 0.3) is 11.1 Å². The number of hydrogen-bond acceptors (Lipinski definition) is 4. The lowest BCUT2D eigenvalue weighted by Crippen LogP contribution is -2.46. The molecule has 3 aromatic rings. The molecule has 0 aliphatic heterocycles. The van der Waals surface area contributed by atoms with Crippen molar-refractivity contribution in [1.29, 1.82) is 0 Å². The first kappa shape index (κ1) is 25.2. The topological polar surface area (TPSA) is 81.1 Å². The van der Waals surface area contributed by atoms with Gasteiger partial charge in [0.05, 0.1) is 17.8 Å². The van der Waals surface area contributed by atoms with E-state index in [9.17, 15) is 17.6 Å². The molecule has 2 aromatic carbocycles. The van der Waals surface area contributed by atoms with Crippen molar-refractivity contribution in [3.63, 3.8) is 0 Å². The summed E-state index contributed by atoms with van der Waals surface area (Å²) in [5, 5.41) is 0. The van der Waals surface area contributed by atoms with E-state index in [1.807, 2.05) is 13.8 Å². The predicted octanol–water partition coefficient (Wildman–Crippen LogP) is 4.35. The number of aryl methyl sites for hydroxylation is 1. The predicted molar refractivity (Wildman–Crippen MR) is 132 cm³/mol. The van der Waals surface area contributed by atoms with Crippen LogP contribution in [0, 0.1) is 11.6 Å². The lowest BCUT2D eigenvalue weighted by atomic mass is 9.78. The van der Waals surface area contributed by atoms with E-state index in [1.54, 1.807) is 31.2 Å². The van der Waals surface area contributed by atoms with Gasteiger partial charge in [-0.1, -0.05) is 30.3 Å². The van der Waals surface area contributed by atoms with Crippen LogP contribution >= 0.6 is 0 Å². The third-order valence-corrected chi connectivity index (χ3v) is 8.01. The maximum absolute atomic E-state index is 15.7. The van der Waals surface area contributed by atoms with Crippen molar-refractivity contribution in [2.24, 2.45) is 0 Å². The monoisotopic (exact) mass is 501 g/mol. The second kappa shape index (κ2) is 9.99. The summed E-state index contributed by atoms with van der Waals surface area (Å²) in [4.78, 5) is 17.9. The van der Waals surface area contributed by atoms with E-state index in [1.165, 1.54) is 29.1 Å². The summed E-state index contributed by atoms with van der Waals surface area (Å²) in [5.41, 5.74) is 1.77. The van der Waals surface area contributed by atoms with Gasteiger partial charge in [-0.05, 0) is 63.3 Å². The Balaban J connectivity index is 1.82. The van der Waals surface area contributed by atoms with Crippen LogP contribution in [-0.4, -0.2) is 29.8 Å². The number of aromatic nitrogens is 2.